The average molecular weight is 320 g/mol. The zero-order chi connectivity index (χ0) is 15.9. The van der Waals surface area contributed by atoms with Gasteiger partial charge < -0.3 is 10.1 Å². The van der Waals surface area contributed by atoms with Gasteiger partial charge >= 0.3 is 5.97 Å². The summed E-state index contributed by atoms with van der Waals surface area (Å²) in [5.74, 6) is -2.23. The van der Waals surface area contributed by atoms with Crippen LogP contribution in [0.4, 0.5) is 10.1 Å². The number of anilines is 1. The minimum atomic E-state index is -0.851. The summed E-state index contributed by atoms with van der Waals surface area (Å²) in [7, 11) is 0. The van der Waals surface area contributed by atoms with Crippen molar-refractivity contribution in [1.29, 1.82) is 0 Å². The molecule has 0 aromatic heterocycles. The molecule has 0 heterocycles. The summed E-state index contributed by atoms with van der Waals surface area (Å²) in [5.41, 5.74) is 0.529. The molecule has 1 N–H and O–H groups in total. The molecule has 0 radical (unpaired) electrons. The fraction of sp³-hybridized carbons (Fsp3) is 0. The van der Waals surface area contributed by atoms with Gasteiger partial charge in [-0.05, 0) is 36.4 Å². The summed E-state index contributed by atoms with van der Waals surface area (Å²) >= 11 is 5.72. The van der Waals surface area contributed by atoms with Gasteiger partial charge in [-0.15, -0.1) is 0 Å². The van der Waals surface area contributed by atoms with E-state index in [-0.39, 0.29) is 5.75 Å². The quantitative estimate of drug-likeness (QED) is 0.532. The molecule has 2 aromatic rings. The van der Waals surface area contributed by atoms with E-state index in [1.54, 1.807) is 24.3 Å². The minimum Gasteiger partial charge on any atom is -0.420 e. The molecule has 0 fully saturated rings. The highest BCUT2D eigenvalue weighted by Crippen LogP contribution is 2.16. The van der Waals surface area contributed by atoms with Crippen molar-refractivity contribution in [3.8, 4) is 5.75 Å². The molecule has 22 heavy (non-hydrogen) atoms. The van der Waals surface area contributed by atoms with Crippen LogP contribution in [0.15, 0.2) is 60.7 Å². The van der Waals surface area contributed by atoms with Crippen LogP contribution in [0.3, 0.4) is 0 Å². The third-order valence-electron chi connectivity index (χ3n) is 2.53. The smallest absolute Gasteiger partial charge is 0.336 e. The standard InChI is InChI=1S/C16H11ClFNO3/c17-11-5-7-12(8-6-11)19-15(20)9-10-16(21)22-14-4-2-1-3-13(14)18/h1-10H,(H,19,20)/b10-9+. The number of nitrogens with one attached hydrogen (secondary N) is 1. The highest BCUT2D eigenvalue weighted by Gasteiger charge is 2.06. The zero-order valence-electron chi connectivity index (χ0n) is 11.3. The van der Waals surface area contributed by atoms with Gasteiger partial charge in [-0.1, -0.05) is 23.7 Å². The van der Waals surface area contributed by atoms with Crippen LogP contribution in [0.1, 0.15) is 0 Å². The summed E-state index contributed by atoms with van der Waals surface area (Å²) in [6.45, 7) is 0. The molecule has 0 aliphatic rings. The first-order chi connectivity index (χ1) is 10.5. The summed E-state index contributed by atoms with van der Waals surface area (Å²) in [5, 5.41) is 3.08. The van der Waals surface area contributed by atoms with Gasteiger partial charge in [0, 0.05) is 22.9 Å². The Bertz CT molecular complexity index is 714. The van der Waals surface area contributed by atoms with Crippen LogP contribution >= 0.6 is 11.6 Å². The first-order valence-electron chi connectivity index (χ1n) is 6.25. The fourth-order valence-corrected chi connectivity index (χ4v) is 1.66. The van der Waals surface area contributed by atoms with Crippen molar-refractivity contribution in [1.82, 2.24) is 0 Å². The SMILES string of the molecule is O=C(/C=C/C(=O)Oc1ccccc1F)Nc1ccc(Cl)cc1. The highest BCUT2D eigenvalue weighted by molar-refractivity contribution is 6.30. The lowest BCUT2D eigenvalue weighted by molar-refractivity contribution is -0.129. The number of benzene rings is 2. The molecule has 0 aliphatic carbocycles. The molecule has 0 unspecified atom stereocenters. The van der Waals surface area contributed by atoms with Crippen molar-refractivity contribution >= 4 is 29.2 Å². The molecule has 1 amide bonds. The fourth-order valence-electron chi connectivity index (χ4n) is 1.53. The normalized spacial score (nSPS) is 10.5. The summed E-state index contributed by atoms with van der Waals surface area (Å²) in [6.07, 6.45) is 1.91. The first-order valence-corrected chi connectivity index (χ1v) is 6.63. The molecule has 4 nitrogen and oxygen atoms in total. The van der Waals surface area contributed by atoms with Gasteiger partial charge in [-0.25, -0.2) is 9.18 Å². The zero-order valence-corrected chi connectivity index (χ0v) is 12.0. The molecule has 2 aromatic carbocycles. The number of rotatable bonds is 4. The van der Waals surface area contributed by atoms with E-state index in [1.165, 1.54) is 24.3 Å². The van der Waals surface area contributed by atoms with E-state index in [4.69, 9.17) is 16.3 Å². The Kier molecular flexibility index (Phi) is 5.27. The number of hydrogen-bond acceptors (Lipinski definition) is 3. The van der Waals surface area contributed by atoms with Crippen LogP contribution in [-0.2, 0) is 9.59 Å². The largest absolute Gasteiger partial charge is 0.420 e. The number of halogens is 2. The number of amides is 1. The Labute approximate surface area is 131 Å². The van der Waals surface area contributed by atoms with E-state index in [0.717, 1.165) is 12.2 Å². The van der Waals surface area contributed by atoms with Crippen LogP contribution in [0.25, 0.3) is 0 Å². The van der Waals surface area contributed by atoms with Crippen LogP contribution in [0.5, 0.6) is 5.75 Å². The van der Waals surface area contributed by atoms with Gasteiger partial charge in [0.2, 0.25) is 5.91 Å². The Morgan fingerprint density at radius 3 is 2.41 bits per heavy atom. The highest BCUT2D eigenvalue weighted by atomic mass is 35.5. The number of hydrogen-bond donors (Lipinski definition) is 1. The van der Waals surface area contributed by atoms with Crippen molar-refractivity contribution in [2.75, 3.05) is 5.32 Å². The van der Waals surface area contributed by atoms with Crippen molar-refractivity contribution in [3.63, 3.8) is 0 Å². The molecule has 112 valence electrons. The van der Waals surface area contributed by atoms with Crippen molar-refractivity contribution in [2.45, 2.75) is 0 Å². The number of ether oxygens (including phenoxy) is 1. The number of esters is 1. The lowest BCUT2D eigenvalue weighted by atomic mass is 10.3. The van der Waals surface area contributed by atoms with Crippen LogP contribution in [-0.4, -0.2) is 11.9 Å². The molecular weight excluding hydrogens is 309 g/mol. The van der Waals surface area contributed by atoms with Gasteiger partial charge in [0.05, 0.1) is 0 Å². The molecule has 0 bridgehead atoms. The van der Waals surface area contributed by atoms with Gasteiger partial charge in [0.15, 0.2) is 11.6 Å². The maximum Gasteiger partial charge on any atom is 0.336 e. The number of carbonyl (C=O) groups is 2. The summed E-state index contributed by atoms with van der Waals surface area (Å²) in [6, 6.07) is 12.0. The van der Waals surface area contributed by atoms with E-state index in [0.29, 0.717) is 10.7 Å². The van der Waals surface area contributed by atoms with Crippen molar-refractivity contribution < 1.29 is 18.7 Å². The third-order valence-corrected chi connectivity index (χ3v) is 2.78. The summed E-state index contributed by atoms with van der Waals surface area (Å²) < 4.78 is 18.0. The number of para-hydroxylation sites is 1. The second-order valence-corrected chi connectivity index (χ2v) is 4.62. The van der Waals surface area contributed by atoms with E-state index >= 15 is 0 Å². The topological polar surface area (TPSA) is 55.4 Å². The third kappa shape index (κ3) is 4.71. The molecule has 0 saturated heterocycles. The molecule has 2 rings (SSSR count). The van der Waals surface area contributed by atoms with Gasteiger partial charge in [0.1, 0.15) is 0 Å². The van der Waals surface area contributed by atoms with Gasteiger partial charge in [0.25, 0.3) is 0 Å². The second kappa shape index (κ2) is 7.38. The van der Waals surface area contributed by atoms with Crippen LogP contribution in [0, 0.1) is 5.82 Å². The predicted octanol–water partition coefficient (Wildman–Crippen LogP) is 3.58. The predicted molar refractivity (Wildman–Crippen MR) is 81.3 cm³/mol. The van der Waals surface area contributed by atoms with Gasteiger partial charge in [-0.3, -0.25) is 4.79 Å². The molecule has 0 aliphatic heterocycles. The van der Waals surface area contributed by atoms with E-state index < -0.39 is 17.7 Å². The number of carbonyl (C=O) groups excluding carboxylic acids is 2. The average Bonchev–Trinajstić information content (AvgIpc) is 2.50. The van der Waals surface area contributed by atoms with Gasteiger partial charge in [-0.2, -0.15) is 0 Å². The first kappa shape index (κ1) is 15.7. The lowest BCUT2D eigenvalue weighted by Crippen LogP contribution is -2.10. The second-order valence-electron chi connectivity index (χ2n) is 4.18. The van der Waals surface area contributed by atoms with Crippen molar-refractivity contribution in [2.24, 2.45) is 0 Å². The molecule has 6 heteroatoms. The molecular formula is C16H11ClFNO3. The van der Waals surface area contributed by atoms with Crippen LogP contribution in [0.2, 0.25) is 5.02 Å². The van der Waals surface area contributed by atoms with E-state index in [2.05, 4.69) is 5.32 Å². The monoisotopic (exact) mass is 319 g/mol. The van der Waals surface area contributed by atoms with E-state index in [1.807, 2.05) is 0 Å². The van der Waals surface area contributed by atoms with E-state index in [9.17, 15) is 14.0 Å². The summed E-state index contributed by atoms with van der Waals surface area (Å²) in [4.78, 5) is 23.1. The Balaban J connectivity index is 1.90. The molecule has 0 saturated carbocycles. The maximum absolute atomic E-state index is 13.3. The van der Waals surface area contributed by atoms with Crippen LogP contribution < -0.4 is 10.1 Å². The molecule has 0 spiro atoms. The maximum atomic E-state index is 13.3. The molecule has 0 atom stereocenters. The minimum absolute atomic E-state index is 0.199. The Morgan fingerprint density at radius 2 is 1.73 bits per heavy atom. The van der Waals surface area contributed by atoms with Crippen molar-refractivity contribution in [3.05, 3.63) is 71.5 Å². The Hall–Kier alpha value is -2.66. The lowest BCUT2D eigenvalue weighted by Gasteiger charge is -2.03. The Morgan fingerprint density at radius 1 is 1.05 bits per heavy atom.